The maximum Gasteiger partial charge on any atom is 0.230 e. The lowest BCUT2D eigenvalue weighted by molar-refractivity contribution is -0.119. The van der Waals surface area contributed by atoms with E-state index in [-0.39, 0.29) is 17.4 Å². The molecule has 1 aliphatic heterocycles. The maximum atomic E-state index is 12.1. The summed E-state index contributed by atoms with van der Waals surface area (Å²) in [4.78, 5) is 16.5. The lowest BCUT2D eigenvalue weighted by atomic mass is 10.1. The van der Waals surface area contributed by atoms with E-state index in [0.717, 1.165) is 17.7 Å². The minimum atomic E-state index is -3.06. The van der Waals surface area contributed by atoms with Gasteiger partial charge in [-0.3, -0.25) is 4.79 Å². The van der Waals surface area contributed by atoms with E-state index in [9.17, 15) is 13.2 Å². The first-order valence-corrected chi connectivity index (χ1v) is 10.2. The van der Waals surface area contributed by atoms with Crippen LogP contribution in [0.15, 0.2) is 29.6 Å². The lowest BCUT2D eigenvalue weighted by Crippen LogP contribution is -2.23. The molecule has 2 heterocycles. The number of carbonyl (C=O) groups is 1. The van der Waals surface area contributed by atoms with Crippen molar-refractivity contribution in [2.75, 3.05) is 16.8 Å². The summed E-state index contributed by atoms with van der Waals surface area (Å²) in [5.74, 6) is -0.683. The molecule has 0 bridgehead atoms. The number of benzene rings is 1. The highest BCUT2D eigenvalue weighted by molar-refractivity contribution is 7.91. The predicted octanol–water partition coefficient (Wildman–Crippen LogP) is 2.75. The number of hydrogen-bond donors (Lipinski definition) is 1. The Hall–Kier alpha value is -1.73. The van der Waals surface area contributed by atoms with Gasteiger partial charge in [0.05, 0.1) is 23.1 Å². The molecule has 7 heteroatoms. The Balaban J connectivity index is 1.68. The molecule has 1 aromatic heterocycles. The Morgan fingerprint density at radius 3 is 2.70 bits per heavy atom. The molecule has 1 fully saturated rings. The van der Waals surface area contributed by atoms with Crippen molar-refractivity contribution in [2.45, 2.75) is 19.8 Å². The quantitative estimate of drug-likeness (QED) is 0.920. The van der Waals surface area contributed by atoms with Crippen LogP contribution in [0.5, 0.6) is 0 Å². The summed E-state index contributed by atoms with van der Waals surface area (Å²) >= 11 is 1.35. The second-order valence-electron chi connectivity index (χ2n) is 5.68. The third-order valence-electron chi connectivity index (χ3n) is 4.00. The van der Waals surface area contributed by atoms with Gasteiger partial charge in [0.25, 0.3) is 0 Å². The second kappa shape index (κ2) is 6.41. The van der Waals surface area contributed by atoms with Gasteiger partial charge in [0, 0.05) is 10.9 Å². The van der Waals surface area contributed by atoms with Crippen molar-refractivity contribution < 1.29 is 13.2 Å². The summed E-state index contributed by atoms with van der Waals surface area (Å²) in [6, 6.07) is 8.17. The van der Waals surface area contributed by atoms with E-state index in [1.54, 1.807) is 0 Å². The minimum Gasteiger partial charge on any atom is -0.302 e. The SMILES string of the molecule is CCc1ccc(-c2csc(NC(=O)[C@@H]3CCS(=O)(=O)C3)n2)cc1. The summed E-state index contributed by atoms with van der Waals surface area (Å²) < 4.78 is 22.9. The molecule has 1 aliphatic rings. The Labute approximate surface area is 139 Å². The number of thiazole rings is 1. The van der Waals surface area contributed by atoms with Gasteiger partial charge in [0.2, 0.25) is 5.91 Å². The van der Waals surface area contributed by atoms with Gasteiger partial charge in [-0.2, -0.15) is 0 Å². The van der Waals surface area contributed by atoms with Crippen LogP contribution in [0.4, 0.5) is 5.13 Å². The van der Waals surface area contributed by atoms with E-state index in [0.29, 0.717) is 11.6 Å². The number of aryl methyl sites for hydroxylation is 1. The van der Waals surface area contributed by atoms with Gasteiger partial charge in [-0.15, -0.1) is 11.3 Å². The normalized spacial score (nSPS) is 19.6. The lowest BCUT2D eigenvalue weighted by Gasteiger charge is -2.06. The molecule has 23 heavy (non-hydrogen) atoms. The highest BCUT2D eigenvalue weighted by Crippen LogP contribution is 2.27. The molecule has 1 aromatic carbocycles. The van der Waals surface area contributed by atoms with E-state index < -0.39 is 15.8 Å². The number of anilines is 1. The van der Waals surface area contributed by atoms with Crippen molar-refractivity contribution >= 4 is 32.2 Å². The van der Waals surface area contributed by atoms with E-state index >= 15 is 0 Å². The largest absolute Gasteiger partial charge is 0.302 e. The van der Waals surface area contributed by atoms with Crippen LogP contribution in [0, 0.1) is 5.92 Å². The first kappa shape index (κ1) is 16.1. The van der Waals surface area contributed by atoms with Crippen molar-refractivity contribution in [3.8, 4) is 11.3 Å². The number of nitrogens with zero attached hydrogens (tertiary/aromatic N) is 1. The van der Waals surface area contributed by atoms with E-state index in [4.69, 9.17) is 0 Å². The van der Waals surface area contributed by atoms with Crippen LogP contribution >= 0.6 is 11.3 Å². The number of nitrogens with one attached hydrogen (secondary N) is 1. The molecule has 2 aromatic rings. The molecule has 0 spiro atoms. The summed E-state index contributed by atoms with van der Waals surface area (Å²) in [7, 11) is -3.06. The number of rotatable bonds is 4. The molecular formula is C16H18N2O3S2. The average Bonchev–Trinajstić information content (AvgIpc) is 3.14. The summed E-state index contributed by atoms with van der Waals surface area (Å²) in [6.07, 6.45) is 1.38. The highest BCUT2D eigenvalue weighted by Gasteiger charge is 2.33. The number of amides is 1. The molecule has 1 atom stereocenters. The summed E-state index contributed by atoms with van der Waals surface area (Å²) in [5, 5.41) is 5.14. The zero-order chi connectivity index (χ0) is 16.4. The van der Waals surface area contributed by atoms with E-state index in [1.165, 1.54) is 16.9 Å². The van der Waals surface area contributed by atoms with Crippen molar-refractivity contribution in [2.24, 2.45) is 5.92 Å². The van der Waals surface area contributed by atoms with Crippen molar-refractivity contribution in [3.63, 3.8) is 0 Å². The first-order valence-electron chi connectivity index (χ1n) is 7.53. The fourth-order valence-corrected chi connectivity index (χ4v) is 5.05. The molecule has 1 N–H and O–H groups in total. The van der Waals surface area contributed by atoms with Crippen molar-refractivity contribution in [1.82, 2.24) is 4.98 Å². The molecule has 0 radical (unpaired) electrons. The third kappa shape index (κ3) is 3.79. The van der Waals surface area contributed by atoms with Crippen LogP contribution in [0.25, 0.3) is 11.3 Å². The van der Waals surface area contributed by atoms with E-state index in [1.807, 2.05) is 17.5 Å². The van der Waals surface area contributed by atoms with Gasteiger partial charge in [0.15, 0.2) is 15.0 Å². The number of sulfone groups is 1. The summed E-state index contributed by atoms with van der Waals surface area (Å²) in [6.45, 7) is 2.11. The topological polar surface area (TPSA) is 76.1 Å². The number of aromatic nitrogens is 1. The van der Waals surface area contributed by atoms with Gasteiger partial charge >= 0.3 is 0 Å². The molecule has 1 saturated heterocycles. The predicted molar refractivity (Wildman–Crippen MR) is 92.3 cm³/mol. The number of hydrogen-bond acceptors (Lipinski definition) is 5. The molecule has 0 aliphatic carbocycles. The van der Waals surface area contributed by atoms with Crippen LogP contribution in [-0.2, 0) is 21.1 Å². The molecule has 1 amide bonds. The van der Waals surface area contributed by atoms with Gasteiger partial charge in [-0.05, 0) is 18.4 Å². The second-order valence-corrected chi connectivity index (χ2v) is 8.76. The van der Waals surface area contributed by atoms with Crippen LogP contribution in [-0.4, -0.2) is 30.8 Å². The zero-order valence-corrected chi connectivity index (χ0v) is 14.4. The number of carbonyl (C=O) groups excluding carboxylic acids is 1. The monoisotopic (exact) mass is 350 g/mol. The molecule has 3 rings (SSSR count). The van der Waals surface area contributed by atoms with Crippen molar-refractivity contribution in [3.05, 3.63) is 35.2 Å². The van der Waals surface area contributed by atoms with Crippen LogP contribution in [0.1, 0.15) is 18.9 Å². The Kier molecular flexibility index (Phi) is 4.50. The molecule has 0 unspecified atom stereocenters. The molecule has 5 nitrogen and oxygen atoms in total. The molecular weight excluding hydrogens is 332 g/mol. The van der Waals surface area contributed by atoms with Crippen LogP contribution in [0.3, 0.4) is 0 Å². The standard InChI is InChI=1S/C16H18N2O3S2/c1-2-11-3-5-12(6-4-11)14-9-22-16(17-14)18-15(19)13-7-8-23(20,21)10-13/h3-6,9,13H,2,7-8,10H2,1H3,(H,17,18,19)/t13-/m1/s1. The Morgan fingerprint density at radius 1 is 1.35 bits per heavy atom. The van der Waals surface area contributed by atoms with Gasteiger partial charge in [-0.25, -0.2) is 13.4 Å². The fraction of sp³-hybridized carbons (Fsp3) is 0.375. The van der Waals surface area contributed by atoms with Crippen molar-refractivity contribution in [1.29, 1.82) is 0 Å². The van der Waals surface area contributed by atoms with Crippen LogP contribution in [0.2, 0.25) is 0 Å². The molecule has 122 valence electrons. The van der Waals surface area contributed by atoms with Gasteiger partial charge in [-0.1, -0.05) is 31.2 Å². The maximum absolute atomic E-state index is 12.1. The Morgan fingerprint density at radius 2 is 2.09 bits per heavy atom. The molecule has 0 saturated carbocycles. The third-order valence-corrected chi connectivity index (χ3v) is 6.52. The van der Waals surface area contributed by atoms with E-state index in [2.05, 4.69) is 29.4 Å². The first-order chi connectivity index (χ1) is 11.0. The average molecular weight is 350 g/mol. The highest BCUT2D eigenvalue weighted by atomic mass is 32.2. The van der Waals surface area contributed by atoms with Crippen LogP contribution < -0.4 is 5.32 Å². The zero-order valence-electron chi connectivity index (χ0n) is 12.8. The summed E-state index contributed by atoms with van der Waals surface area (Å²) in [5.41, 5.74) is 3.08. The Bertz CT molecular complexity index is 810. The van der Waals surface area contributed by atoms with Gasteiger partial charge < -0.3 is 5.32 Å². The smallest absolute Gasteiger partial charge is 0.230 e. The van der Waals surface area contributed by atoms with Gasteiger partial charge in [0.1, 0.15) is 0 Å². The fourth-order valence-electron chi connectivity index (χ4n) is 2.58. The minimum absolute atomic E-state index is 0.0600.